The average molecular weight is 316 g/mol. The second-order valence-electron chi connectivity index (χ2n) is 6.35. The Hall–Kier alpha value is -2.68. The predicted molar refractivity (Wildman–Crippen MR) is 97.5 cm³/mol. The minimum absolute atomic E-state index is 0.0589. The van der Waals surface area contributed by atoms with E-state index in [9.17, 15) is 4.79 Å². The fraction of sp³-hybridized carbons (Fsp3) is 0.238. The van der Waals surface area contributed by atoms with E-state index in [1.54, 1.807) is 0 Å². The Kier molecular flexibility index (Phi) is 3.77. The molecule has 1 aliphatic carbocycles. The van der Waals surface area contributed by atoms with Gasteiger partial charge in [-0.05, 0) is 43.0 Å². The molecule has 1 fully saturated rings. The largest absolute Gasteiger partial charge is 0.322 e. The van der Waals surface area contributed by atoms with Crippen molar-refractivity contribution in [2.75, 3.05) is 5.32 Å². The molecule has 0 saturated heterocycles. The van der Waals surface area contributed by atoms with Gasteiger partial charge in [0, 0.05) is 22.7 Å². The number of para-hydroxylation sites is 2. The molecule has 1 aromatic heterocycles. The fourth-order valence-corrected chi connectivity index (χ4v) is 3.11. The second kappa shape index (κ2) is 6.08. The normalized spacial score (nSPS) is 13.9. The Balaban J connectivity index is 1.76. The van der Waals surface area contributed by atoms with Gasteiger partial charge in [-0.25, -0.2) is 0 Å². The standard InChI is InChI=1S/C21H20N2O/c1-2-14-7-3-5-9-18(14)23-21(24)17-13-20(15-11-12-15)22-19-10-6-4-8-16(17)19/h3-10,13,15H,2,11-12H2,1H3,(H,23,24). The zero-order valence-electron chi connectivity index (χ0n) is 13.8. The summed E-state index contributed by atoms with van der Waals surface area (Å²) < 4.78 is 0. The number of nitrogens with one attached hydrogen (secondary N) is 1. The molecule has 0 aliphatic heterocycles. The summed E-state index contributed by atoms with van der Waals surface area (Å²) in [5, 5.41) is 4.00. The van der Waals surface area contributed by atoms with E-state index < -0.39 is 0 Å². The van der Waals surface area contributed by atoms with Crippen molar-refractivity contribution in [1.29, 1.82) is 0 Å². The molecule has 3 heteroatoms. The summed E-state index contributed by atoms with van der Waals surface area (Å²) in [6.45, 7) is 2.10. The summed E-state index contributed by atoms with van der Waals surface area (Å²) in [5.74, 6) is 0.459. The SMILES string of the molecule is CCc1ccccc1NC(=O)c1cc(C2CC2)nc2ccccc12. The molecular formula is C21H20N2O. The van der Waals surface area contributed by atoms with Crippen molar-refractivity contribution in [3.05, 3.63) is 71.4 Å². The first-order valence-corrected chi connectivity index (χ1v) is 8.55. The third-order valence-corrected chi connectivity index (χ3v) is 4.62. The van der Waals surface area contributed by atoms with Crippen molar-refractivity contribution in [3.8, 4) is 0 Å². The van der Waals surface area contributed by atoms with Crippen LogP contribution in [0.2, 0.25) is 0 Å². The lowest BCUT2D eigenvalue weighted by molar-refractivity contribution is 0.102. The molecule has 24 heavy (non-hydrogen) atoms. The van der Waals surface area contributed by atoms with Gasteiger partial charge in [0.25, 0.3) is 5.91 Å². The van der Waals surface area contributed by atoms with Crippen LogP contribution in [-0.4, -0.2) is 10.9 Å². The number of hydrogen-bond donors (Lipinski definition) is 1. The van der Waals surface area contributed by atoms with Gasteiger partial charge in [-0.1, -0.05) is 43.3 Å². The van der Waals surface area contributed by atoms with Crippen LogP contribution in [0.15, 0.2) is 54.6 Å². The number of amides is 1. The Labute approximate surface area is 141 Å². The Bertz CT molecular complexity index is 913. The first-order chi connectivity index (χ1) is 11.8. The van der Waals surface area contributed by atoms with Crippen LogP contribution in [0.4, 0.5) is 5.69 Å². The van der Waals surface area contributed by atoms with Gasteiger partial charge in [-0.2, -0.15) is 0 Å². The van der Waals surface area contributed by atoms with Crippen LogP contribution >= 0.6 is 0 Å². The molecule has 0 atom stereocenters. The minimum Gasteiger partial charge on any atom is -0.322 e. The maximum Gasteiger partial charge on any atom is 0.256 e. The Morgan fingerprint density at radius 3 is 2.67 bits per heavy atom. The molecule has 1 aliphatic rings. The van der Waals surface area contributed by atoms with Crippen LogP contribution in [0.1, 0.15) is 47.3 Å². The number of nitrogens with zero attached hydrogens (tertiary/aromatic N) is 1. The first kappa shape index (κ1) is 14.9. The number of carbonyl (C=O) groups excluding carboxylic acids is 1. The zero-order chi connectivity index (χ0) is 16.5. The van der Waals surface area contributed by atoms with Crippen molar-refractivity contribution >= 4 is 22.5 Å². The van der Waals surface area contributed by atoms with Gasteiger partial charge in [0.15, 0.2) is 0 Å². The summed E-state index contributed by atoms with van der Waals surface area (Å²) in [6, 6.07) is 17.8. The van der Waals surface area contributed by atoms with Crippen molar-refractivity contribution in [1.82, 2.24) is 4.98 Å². The molecule has 120 valence electrons. The van der Waals surface area contributed by atoms with Crippen LogP contribution in [-0.2, 0) is 6.42 Å². The molecule has 1 amide bonds. The Morgan fingerprint density at radius 1 is 1.12 bits per heavy atom. The number of fused-ring (bicyclic) bond motifs is 1. The van der Waals surface area contributed by atoms with Crippen molar-refractivity contribution in [2.45, 2.75) is 32.1 Å². The van der Waals surface area contributed by atoms with Gasteiger partial charge in [-0.15, -0.1) is 0 Å². The number of aryl methyl sites for hydroxylation is 1. The zero-order valence-corrected chi connectivity index (χ0v) is 13.8. The van der Waals surface area contributed by atoms with E-state index in [2.05, 4.69) is 18.3 Å². The van der Waals surface area contributed by atoms with Crippen LogP contribution in [0.25, 0.3) is 10.9 Å². The number of hydrogen-bond acceptors (Lipinski definition) is 2. The first-order valence-electron chi connectivity index (χ1n) is 8.55. The van der Waals surface area contributed by atoms with E-state index >= 15 is 0 Å². The van der Waals surface area contributed by atoms with Crippen LogP contribution in [0.5, 0.6) is 0 Å². The summed E-state index contributed by atoms with van der Waals surface area (Å²) in [7, 11) is 0. The molecule has 0 bridgehead atoms. The monoisotopic (exact) mass is 316 g/mol. The number of carbonyl (C=O) groups is 1. The van der Waals surface area contributed by atoms with Gasteiger partial charge >= 0.3 is 0 Å². The summed E-state index contributed by atoms with van der Waals surface area (Å²) >= 11 is 0. The maximum atomic E-state index is 13.0. The second-order valence-corrected chi connectivity index (χ2v) is 6.35. The minimum atomic E-state index is -0.0589. The predicted octanol–water partition coefficient (Wildman–Crippen LogP) is 4.93. The number of anilines is 1. The van der Waals surface area contributed by atoms with Gasteiger partial charge in [0.2, 0.25) is 0 Å². The smallest absolute Gasteiger partial charge is 0.256 e. The van der Waals surface area contributed by atoms with Crippen molar-refractivity contribution in [3.63, 3.8) is 0 Å². The summed E-state index contributed by atoms with van der Waals surface area (Å²) in [4.78, 5) is 17.7. The number of benzene rings is 2. The number of aromatic nitrogens is 1. The highest BCUT2D eigenvalue weighted by molar-refractivity contribution is 6.12. The van der Waals surface area contributed by atoms with Crippen LogP contribution in [0.3, 0.4) is 0 Å². The van der Waals surface area contributed by atoms with Gasteiger partial charge < -0.3 is 5.32 Å². The molecule has 0 spiro atoms. The molecular weight excluding hydrogens is 296 g/mol. The van der Waals surface area contributed by atoms with Crippen molar-refractivity contribution < 1.29 is 4.79 Å². The van der Waals surface area contributed by atoms with Crippen molar-refractivity contribution in [2.24, 2.45) is 0 Å². The van der Waals surface area contributed by atoms with Gasteiger partial charge in [-0.3, -0.25) is 9.78 Å². The molecule has 2 aromatic carbocycles. The molecule has 3 nitrogen and oxygen atoms in total. The Morgan fingerprint density at radius 2 is 1.88 bits per heavy atom. The molecule has 3 aromatic rings. The van der Waals surface area contributed by atoms with E-state index in [0.717, 1.165) is 34.3 Å². The van der Waals surface area contributed by atoms with Gasteiger partial charge in [0.05, 0.1) is 11.1 Å². The highest BCUT2D eigenvalue weighted by Crippen LogP contribution is 2.40. The molecule has 4 rings (SSSR count). The van der Waals surface area contributed by atoms with Crippen LogP contribution in [0, 0.1) is 0 Å². The quantitative estimate of drug-likeness (QED) is 0.741. The summed E-state index contributed by atoms with van der Waals surface area (Å²) in [6.07, 6.45) is 3.23. The topological polar surface area (TPSA) is 42.0 Å². The van der Waals surface area contributed by atoms with E-state index in [1.165, 1.54) is 12.8 Å². The number of pyridine rings is 1. The molecule has 0 unspecified atom stereocenters. The average Bonchev–Trinajstić information content (AvgIpc) is 3.46. The highest BCUT2D eigenvalue weighted by atomic mass is 16.1. The third kappa shape index (κ3) is 2.78. The van der Waals surface area contributed by atoms with E-state index in [0.29, 0.717) is 11.5 Å². The maximum absolute atomic E-state index is 13.0. The molecule has 1 N–H and O–H groups in total. The lowest BCUT2D eigenvalue weighted by Gasteiger charge is -2.12. The third-order valence-electron chi connectivity index (χ3n) is 4.62. The van der Waals surface area contributed by atoms with Crippen LogP contribution < -0.4 is 5.32 Å². The highest BCUT2D eigenvalue weighted by Gasteiger charge is 2.27. The lowest BCUT2D eigenvalue weighted by atomic mass is 10.0. The van der Waals surface area contributed by atoms with E-state index in [-0.39, 0.29) is 5.91 Å². The fourth-order valence-electron chi connectivity index (χ4n) is 3.11. The number of rotatable bonds is 4. The lowest BCUT2D eigenvalue weighted by Crippen LogP contribution is -2.14. The van der Waals surface area contributed by atoms with Gasteiger partial charge in [0.1, 0.15) is 0 Å². The summed E-state index contributed by atoms with van der Waals surface area (Å²) in [5.41, 5.74) is 4.69. The molecule has 1 saturated carbocycles. The molecule has 0 radical (unpaired) electrons. The van der Waals surface area contributed by atoms with E-state index in [4.69, 9.17) is 4.98 Å². The molecule has 1 heterocycles. The van der Waals surface area contributed by atoms with E-state index in [1.807, 2.05) is 48.5 Å².